The van der Waals surface area contributed by atoms with Crippen LogP contribution in [0.15, 0.2) is 29.2 Å². The van der Waals surface area contributed by atoms with Gasteiger partial charge >= 0.3 is 0 Å². The molecular weight excluding hydrogens is 319 g/mol. The topological polar surface area (TPSA) is 58.2 Å². The molecule has 112 valence electrons. The fourth-order valence-electron chi connectivity index (χ4n) is 3.05. The monoisotopic (exact) mass is 336 g/mol. The summed E-state index contributed by atoms with van der Waals surface area (Å²) in [4.78, 5) is 0.280. The summed E-state index contributed by atoms with van der Waals surface area (Å²) in [6.07, 6.45) is 4.07. The maximum Gasteiger partial charge on any atom is 0.240 e. The van der Waals surface area contributed by atoms with Gasteiger partial charge in [0.15, 0.2) is 0 Å². The van der Waals surface area contributed by atoms with Gasteiger partial charge in [0.2, 0.25) is 10.0 Å². The summed E-state index contributed by atoms with van der Waals surface area (Å²) >= 11 is 5.78. The maximum atomic E-state index is 12.3. The Kier molecular flexibility index (Phi) is 4.97. The van der Waals surface area contributed by atoms with Crippen molar-refractivity contribution in [3.05, 3.63) is 29.3 Å². The Morgan fingerprint density at radius 3 is 2.20 bits per heavy atom. The molecule has 0 radical (unpaired) electrons. The van der Waals surface area contributed by atoms with Crippen molar-refractivity contribution in [3.63, 3.8) is 0 Å². The molecule has 0 spiro atoms. The first-order valence-electron chi connectivity index (χ1n) is 6.57. The maximum absolute atomic E-state index is 12.3. The quantitative estimate of drug-likeness (QED) is 0.890. The zero-order valence-electron chi connectivity index (χ0n) is 10.9. The molecule has 1 aromatic carbocycles. The van der Waals surface area contributed by atoms with Crippen LogP contribution < -0.4 is 10.0 Å². The SMILES string of the molecule is Cl.O=S(=O)(NC1CC2CCC(C1)N2)c1ccc(Cl)cc1. The predicted molar refractivity (Wildman–Crippen MR) is 82.0 cm³/mol. The fraction of sp³-hybridized carbons (Fsp3) is 0.538. The summed E-state index contributed by atoms with van der Waals surface area (Å²) in [6, 6.07) is 7.26. The van der Waals surface area contributed by atoms with E-state index >= 15 is 0 Å². The van der Waals surface area contributed by atoms with Gasteiger partial charge in [0.25, 0.3) is 0 Å². The molecule has 2 saturated heterocycles. The van der Waals surface area contributed by atoms with Gasteiger partial charge in [-0.2, -0.15) is 0 Å². The molecule has 0 aromatic heterocycles. The third-order valence-electron chi connectivity index (χ3n) is 3.92. The normalized spacial score (nSPS) is 28.9. The lowest BCUT2D eigenvalue weighted by Crippen LogP contribution is -2.47. The number of hydrogen-bond acceptors (Lipinski definition) is 3. The molecule has 2 heterocycles. The molecule has 2 aliphatic rings. The predicted octanol–water partition coefficient (Wildman–Crippen LogP) is 2.32. The molecular formula is C13H18Cl2N2O2S. The molecule has 0 amide bonds. The number of hydrogen-bond donors (Lipinski definition) is 2. The molecule has 2 bridgehead atoms. The molecule has 3 rings (SSSR count). The van der Waals surface area contributed by atoms with Gasteiger partial charge in [0.05, 0.1) is 4.90 Å². The van der Waals surface area contributed by atoms with Crippen LogP contribution in [0.3, 0.4) is 0 Å². The molecule has 2 atom stereocenters. The van der Waals surface area contributed by atoms with Gasteiger partial charge in [-0.15, -0.1) is 12.4 Å². The molecule has 2 unspecified atom stereocenters. The Bertz CT molecular complexity index is 550. The molecule has 2 fully saturated rings. The fourth-order valence-corrected chi connectivity index (χ4v) is 4.44. The van der Waals surface area contributed by atoms with Crippen LogP contribution in [0, 0.1) is 0 Å². The Labute approximate surface area is 130 Å². The lowest BCUT2D eigenvalue weighted by molar-refractivity contribution is 0.345. The summed E-state index contributed by atoms with van der Waals surface area (Å²) in [5, 5.41) is 4.04. The molecule has 2 aliphatic heterocycles. The number of piperidine rings is 1. The minimum absolute atomic E-state index is 0. The van der Waals surface area contributed by atoms with Crippen molar-refractivity contribution in [3.8, 4) is 0 Å². The summed E-state index contributed by atoms with van der Waals surface area (Å²) in [5.74, 6) is 0. The van der Waals surface area contributed by atoms with E-state index in [1.54, 1.807) is 24.3 Å². The van der Waals surface area contributed by atoms with Crippen molar-refractivity contribution in [2.75, 3.05) is 0 Å². The zero-order valence-corrected chi connectivity index (χ0v) is 13.3. The third kappa shape index (κ3) is 3.46. The molecule has 1 aromatic rings. The summed E-state index contributed by atoms with van der Waals surface area (Å²) in [7, 11) is -3.43. The van der Waals surface area contributed by atoms with E-state index in [-0.39, 0.29) is 23.3 Å². The standard InChI is InChI=1S/C13H17ClN2O2S.ClH/c14-9-1-5-13(6-2-9)19(17,18)16-12-7-10-3-4-11(8-12)15-10;/h1-2,5-6,10-12,15-16H,3-4,7-8H2;1H. The minimum Gasteiger partial charge on any atom is -0.311 e. The van der Waals surface area contributed by atoms with Crippen molar-refractivity contribution in [2.45, 2.75) is 48.7 Å². The highest BCUT2D eigenvalue weighted by atomic mass is 35.5. The van der Waals surface area contributed by atoms with Gasteiger partial charge in [-0.3, -0.25) is 0 Å². The van der Waals surface area contributed by atoms with E-state index in [4.69, 9.17) is 11.6 Å². The van der Waals surface area contributed by atoms with Crippen molar-refractivity contribution < 1.29 is 8.42 Å². The van der Waals surface area contributed by atoms with Crippen molar-refractivity contribution in [1.29, 1.82) is 0 Å². The smallest absolute Gasteiger partial charge is 0.240 e. The van der Waals surface area contributed by atoms with Crippen molar-refractivity contribution in [1.82, 2.24) is 10.0 Å². The second kappa shape index (κ2) is 6.20. The van der Waals surface area contributed by atoms with Crippen molar-refractivity contribution in [2.24, 2.45) is 0 Å². The minimum atomic E-state index is -3.43. The number of fused-ring (bicyclic) bond motifs is 2. The van der Waals surface area contributed by atoms with Gasteiger partial charge in [-0.1, -0.05) is 11.6 Å². The van der Waals surface area contributed by atoms with Crippen molar-refractivity contribution >= 4 is 34.0 Å². The third-order valence-corrected chi connectivity index (χ3v) is 5.71. The first kappa shape index (κ1) is 16.0. The molecule has 7 heteroatoms. The number of halogens is 2. The Morgan fingerprint density at radius 2 is 1.65 bits per heavy atom. The highest BCUT2D eigenvalue weighted by Gasteiger charge is 2.35. The summed E-state index contributed by atoms with van der Waals surface area (Å²) < 4.78 is 27.4. The number of nitrogens with one attached hydrogen (secondary N) is 2. The Balaban J connectivity index is 0.00000147. The number of sulfonamides is 1. The Morgan fingerprint density at radius 1 is 1.10 bits per heavy atom. The van der Waals surface area contributed by atoms with E-state index in [9.17, 15) is 8.42 Å². The second-order valence-corrected chi connectivity index (χ2v) is 7.53. The summed E-state index contributed by atoms with van der Waals surface area (Å²) in [6.45, 7) is 0. The van der Waals surface area contributed by atoms with E-state index in [1.165, 1.54) is 0 Å². The van der Waals surface area contributed by atoms with E-state index in [2.05, 4.69) is 10.0 Å². The van der Waals surface area contributed by atoms with Crippen LogP contribution in [0.1, 0.15) is 25.7 Å². The van der Waals surface area contributed by atoms with E-state index in [1.807, 2.05) is 0 Å². The molecule has 0 saturated carbocycles. The molecule has 20 heavy (non-hydrogen) atoms. The van der Waals surface area contributed by atoms with Crippen LogP contribution in [-0.2, 0) is 10.0 Å². The Hall–Kier alpha value is -0.330. The highest BCUT2D eigenvalue weighted by molar-refractivity contribution is 7.89. The first-order valence-corrected chi connectivity index (χ1v) is 8.43. The molecule has 4 nitrogen and oxygen atoms in total. The van der Waals surface area contributed by atoms with Crippen LogP contribution in [0.2, 0.25) is 5.02 Å². The summed E-state index contributed by atoms with van der Waals surface area (Å²) in [5.41, 5.74) is 0. The number of rotatable bonds is 3. The zero-order chi connectivity index (χ0) is 13.5. The number of benzene rings is 1. The van der Waals surface area contributed by atoms with Crippen LogP contribution in [-0.4, -0.2) is 26.5 Å². The van der Waals surface area contributed by atoms with Gasteiger partial charge in [-0.05, 0) is 49.9 Å². The van der Waals surface area contributed by atoms with Gasteiger partial charge in [0, 0.05) is 23.1 Å². The average Bonchev–Trinajstić information content (AvgIpc) is 2.69. The van der Waals surface area contributed by atoms with E-state index < -0.39 is 10.0 Å². The van der Waals surface area contributed by atoms with Crippen LogP contribution in [0.25, 0.3) is 0 Å². The second-order valence-electron chi connectivity index (χ2n) is 5.38. The van der Waals surface area contributed by atoms with E-state index in [0.717, 1.165) is 25.7 Å². The van der Waals surface area contributed by atoms with Crippen LogP contribution in [0.5, 0.6) is 0 Å². The van der Waals surface area contributed by atoms with Gasteiger partial charge < -0.3 is 5.32 Å². The molecule has 0 aliphatic carbocycles. The van der Waals surface area contributed by atoms with Crippen LogP contribution >= 0.6 is 24.0 Å². The average molecular weight is 337 g/mol. The van der Waals surface area contributed by atoms with Gasteiger partial charge in [0.1, 0.15) is 0 Å². The highest BCUT2D eigenvalue weighted by Crippen LogP contribution is 2.27. The van der Waals surface area contributed by atoms with Crippen LogP contribution in [0.4, 0.5) is 0 Å². The molecule has 2 N–H and O–H groups in total. The van der Waals surface area contributed by atoms with Gasteiger partial charge in [-0.25, -0.2) is 13.1 Å². The lowest BCUT2D eigenvalue weighted by atomic mass is 10.0. The largest absolute Gasteiger partial charge is 0.311 e. The lowest BCUT2D eigenvalue weighted by Gasteiger charge is -2.29. The first-order chi connectivity index (χ1) is 9.03. The van der Waals surface area contributed by atoms with E-state index in [0.29, 0.717) is 17.1 Å².